The first kappa shape index (κ1) is 19.1. The Morgan fingerprint density at radius 3 is 2.47 bits per heavy atom. The first-order valence-electron chi connectivity index (χ1n) is 9.05. The van der Waals surface area contributed by atoms with E-state index in [9.17, 15) is 19.5 Å². The topological polar surface area (TPSA) is 122 Å². The standard InChI is InChI=1S/C21H17N5O4/c1-12-7-9-14(10-8-12)25-19(28)16(18(27)24-21(25)30)11-22-26-13(2)23-17-6-4-3-5-15(17)20(26)29/h3-11,28H,1-2H3,(H,24,27,30)/b22-11+. The molecule has 0 aliphatic carbocycles. The fraction of sp³-hybridized carbons (Fsp3) is 0.0952. The average Bonchev–Trinajstić information content (AvgIpc) is 2.71. The molecular formula is C21H17N5O4. The highest BCUT2D eigenvalue weighted by atomic mass is 16.3. The van der Waals surface area contributed by atoms with E-state index >= 15 is 0 Å². The molecule has 0 fully saturated rings. The smallest absolute Gasteiger partial charge is 0.335 e. The second-order valence-corrected chi connectivity index (χ2v) is 6.71. The summed E-state index contributed by atoms with van der Waals surface area (Å²) in [5.41, 5.74) is -0.444. The molecule has 0 aliphatic rings. The van der Waals surface area contributed by atoms with Crippen molar-refractivity contribution in [1.82, 2.24) is 19.2 Å². The van der Waals surface area contributed by atoms with Crippen molar-refractivity contribution in [3.8, 4) is 11.6 Å². The number of nitrogens with zero attached hydrogens (tertiary/aromatic N) is 4. The van der Waals surface area contributed by atoms with Crippen molar-refractivity contribution in [1.29, 1.82) is 0 Å². The molecule has 0 amide bonds. The maximum absolute atomic E-state index is 12.7. The number of para-hydroxylation sites is 1. The van der Waals surface area contributed by atoms with Crippen molar-refractivity contribution >= 4 is 17.1 Å². The minimum atomic E-state index is -0.830. The predicted molar refractivity (Wildman–Crippen MR) is 113 cm³/mol. The lowest BCUT2D eigenvalue weighted by atomic mass is 10.2. The van der Waals surface area contributed by atoms with Gasteiger partial charge in [0.05, 0.1) is 22.8 Å². The summed E-state index contributed by atoms with van der Waals surface area (Å²) < 4.78 is 1.99. The Balaban J connectivity index is 1.88. The van der Waals surface area contributed by atoms with Crippen LogP contribution in [0.3, 0.4) is 0 Å². The summed E-state index contributed by atoms with van der Waals surface area (Å²) in [6, 6.07) is 13.6. The molecule has 0 saturated carbocycles. The van der Waals surface area contributed by atoms with Gasteiger partial charge in [0.15, 0.2) is 0 Å². The fourth-order valence-electron chi connectivity index (χ4n) is 3.07. The van der Waals surface area contributed by atoms with E-state index in [-0.39, 0.29) is 5.56 Å². The Kier molecular flexibility index (Phi) is 4.63. The summed E-state index contributed by atoms with van der Waals surface area (Å²) in [5.74, 6) is -0.284. The van der Waals surface area contributed by atoms with Gasteiger partial charge in [0.2, 0.25) is 5.88 Å². The Bertz CT molecular complexity index is 1480. The van der Waals surface area contributed by atoms with Crippen molar-refractivity contribution < 1.29 is 5.11 Å². The molecule has 0 bridgehead atoms. The molecule has 2 heterocycles. The lowest BCUT2D eigenvalue weighted by Gasteiger charge is -2.10. The summed E-state index contributed by atoms with van der Waals surface area (Å²) in [4.78, 5) is 43.7. The number of aromatic amines is 1. The van der Waals surface area contributed by atoms with Gasteiger partial charge in [0.25, 0.3) is 11.1 Å². The molecule has 150 valence electrons. The van der Waals surface area contributed by atoms with E-state index in [1.54, 1.807) is 55.5 Å². The molecule has 4 aromatic rings. The number of nitrogens with one attached hydrogen (secondary N) is 1. The summed E-state index contributed by atoms with van der Waals surface area (Å²) in [6.07, 6.45) is 1.03. The maximum Gasteiger partial charge on any atom is 0.335 e. The first-order chi connectivity index (χ1) is 14.4. The molecule has 9 nitrogen and oxygen atoms in total. The maximum atomic E-state index is 12.7. The third-order valence-electron chi connectivity index (χ3n) is 4.63. The molecule has 0 radical (unpaired) electrons. The Hall–Kier alpha value is -4.27. The van der Waals surface area contributed by atoms with Gasteiger partial charge in [-0.15, -0.1) is 0 Å². The molecule has 30 heavy (non-hydrogen) atoms. The second-order valence-electron chi connectivity index (χ2n) is 6.71. The normalized spacial score (nSPS) is 11.4. The number of aromatic nitrogens is 4. The fourth-order valence-corrected chi connectivity index (χ4v) is 3.07. The van der Waals surface area contributed by atoms with E-state index in [0.717, 1.165) is 21.0 Å². The van der Waals surface area contributed by atoms with E-state index in [0.29, 0.717) is 22.4 Å². The highest BCUT2D eigenvalue weighted by molar-refractivity contribution is 5.82. The number of benzene rings is 2. The third kappa shape index (κ3) is 3.22. The van der Waals surface area contributed by atoms with Crippen LogP contribution in [-0.4, -0.2) is 30.5 Å². The monoisotopic (exact) mass is 403 g/mol. The van der Waals surface area contributed by atoms with Gasteiger partial charge >= 0.3 is 5.69 Å². The van der Waals surface area contributed by atoms with Crippen LogP contribution in [0.2, 0.25) is 0 Å². The number of hydrogen-bond donors (Lipinski definition) is 2. The predicted octanol–water partition coefficient (Wildman–Crippen LogP) is 1.44. The van der Waals surface area contributed by atoms with Gasteiger partial charge < -0.3 is 5.11 Å². The molecule has 9 heteroatoms. The summed E-state index contributed by atoms with van der Waals surface area (Å²) >= 11 is 0. The molecule has 2 N–H and O–H groups in total. The Morgan fingerprint density at radius 1 is 1.03 bits per heavy atom. The van der Waals surface area contributed by atoms with E-state index in [1.807, 2.05) is 6.92 Å². The van der Waals surface area contributed by atoms with Crippen molar-refractivity contribution in [2.24, 2.45) is 5.10 Å². The van der Waals surface area contributed by atoms with Crippen molar-refractivity contribution in [2.45, 2.75) is 13.8 Å². The van der Waals surface area contributed by atoms with Crippen molar-refractivity contribution in [3.63, 3.8) is 0 Å². The number of fused-ring (bicyclic) bond motifs is 1. The minimum Gasteiger partial charge on any atom is -0.493 e. The number of aryl methyl sites for hydroxylation is 2. The van der Waals surface area contributed by atoms with Crippen LogP contribution in [0.15, 0.2) is 68.0 Å². The number of hydrogen-bond acceptors (Lipinski definition) is 6. The molecule has 0 spiro atoms. The molecule has 0 atom stereocenters. The summed E-state index contributed by atoms with van der Waals surface area (Å²) in [5, 5.41) is 15.0. The van der Waals surface area contributed by atoms with E-state index in [2.05, 4.69) is 15.1 Å². The van der Waals surface area contributed by atoms with Crippen LogP contribution >= 0.6 is 0 Å². The zero-order chi connectivity index (χ0) is 21.4. The Labute approximate surface area is 169 Å². The molecule has 0 aliphatic heterocycles. The van der Waals surface area contributed by atoms with E-state index in [4.69, 9.17) is 0 Å². The molecule has 0 saturated heterocycles. The molecular weight excluding hydrogens is 386 g/mol. The summed E-state index contributed by atoms with van der Waals surface area (Å²) in [6.45, 7) is 3.48. The van der Waals surface area contributed by atoms with Gasteiger partial charge in [-0.3, -0.25) is 14.6 Å². The number of rotatable bonds is 3. The quantitative estimate of drug-likeness (QED) is 0.501. The average molecular weight is 403 g/mol. The molecule has 2 aromatic carbocycles. The van der Waals surface area contributed by atoms with Crippen LogP contribution < -0.4 is 16.8 Å². The molecule has 2 aromatic heterocycles. The van der Waals surface area contributed by atoms with Gasteiger partial charge in [-0.1, -0.05) is 29.8 Å². The molecule has 4 rings (SSSR count). The van der Waals surface area contributed by atoms with Crippen molar-refractivity contribution in [2.75, 3.05) is 0 Å². The van der Waals surface area contributed by atoms with Crippen LogP contribution in [0.5, 0.6) is 5.88 Å². The van der Waals surface area contributed by atoms with Crippen molar-refractivity contribution in [3.05, 3.63) is 96.7 Å². The van der Waals surface area contributed by atoms with Gasteiger partial charge in [-0.05, 0) is 38.1 Å². The highest BCUT2D eigenvalue weighted by Gasteiger charge is 2.15. The number of aromatic hydroxyl groups is 1. The number of H-pyrrole nitrogens is 1. The zero-order valence-electron chi connectivity index (χ0n) is 16.2. The van der Waals surface area contributed by atoms with Gasteiger partial charge in [0.1, 0.15) is 11.4 Å². The lowest BCUT2D eigenvalue weighted by molar-refractivity contribution is 0.430. The summed E-state index contributed by atoms with van der Waals surface area (Å²) in [7, 11) is 0. The van der Waals surface area contributed by atoms with Gasteiger partial charge in [-0.25, -0.2) is 14.3 Å². The van der Waals surface area contributed by atoms with E-state index in [1.165, 1.54) is 0 Å². The van der Waals surface area contributed by atoms with Gasteiger partial charge in [-0.2, -0.15) is 9.78 Å². The SMILES string of the molecule is Cc1ccc(-n2c(O)c(/C=N/n3c(C)nc4ccccc4c3=O)c(=O)[nH]c2=O)cc1. The minimum absolute atomic E-state index is 0.269. The van der Waals surface area contributed by atoms with Crippen LogP contribution in [-0.2, 0) is 0 Å². The largest absolute Gasteiger partial charge is 0.493 e. The Morgan fingerprint density at radius 2 is 1.73 bits per heavy atom. The molecule has 0 unspecified atom stereocenters. The van der Waals surface area contributed by atoms with Crippen LogP contribution in [0.1, 0.15) is 17.0 Å². The second kappa shape index (κ2) is 7.28. The van der Waals surface area contributed by atoms with E-state index < -0.39 is 22.7 Å². The van der Waals surface area contributed by atoms with Crippen LogP contribution in [0.25, 0.3) is 16.6 Å². The van der Waals surface area contributed by atoms with Crippen LogP contribution in [0, 0.1) is 13.8 Å². The van der Waals surface area contributed by atoms with Gasteiger partial charge in [0, 0.05) is 0 Å². The lowest BCUT2D eigenvalue weighted by Crippen LogP contribution is -2.31. The third-order valence-corrected chi connectivity index (χ3v) is 4.63. The first-order valence-corrected chi connectivity index (χ1v) is 9.05. The zero-order valence-corrected chi connectivity index (χ0v) is 16.2. The highest BCUT2D eigenvalue weighted by Crippen LogP contribution is 2.16. The van der Waals surface area contributed by atoms with Crippen LogP contribution in [0.4, 0.5) is 0 Å².